The van der Waals surface area contributed by atoms with Gasteiger partial charge in [0, 0.05) is 24.2 Å². The molecule has 0 spiro atoms. The Morgan fingerprint density at radius 3 is 2.81 bits per heavy atom. The number of amides is 2. The molecule has 21 heavy (non-hydrogen) atoms. The molecule has 0 aliphatic heterocycles. The monoisotopic (exact) mass is 306 g/mol. The fourth-order valence-electron chi connectivity index (χ4n) is 1.75. The number of hydrogen-bond donors (Lipinski definition) is 3. The van der Waals surface area contributed by atoms with E-state index < -0.39 is 0 Å². The molecule has 0 bridgehead atoms. The number of aromatic amines is 1. The maximum atomic E-state index is 11.8. The minimum Gasteiger partial charge on any atom is -0.351 e. The van der Waals surface area contributed by atoms with Crippen LogP contribution in [0.25, 0.3) is 0 Å². The molecule has 0 aliphatic carbocycles. The number of H-pyrrole nitrogens is 1. The SMILES string of the molecule is Cc1[nH]nc(NC(=O)CCCNC(=O)c2cccs2)c1C. The Morgan fingerprint density at radius 2 is 2.19 bits per heavy atom. The molecule has 0 aromatic carbocycles. The molecule has 0 unspecified atom stereocenters. The van der Waals surface area contributed by atoms with Gasteiger partial charge in [0.25, 0.3) is 5.91 Å². The van der Waals surface area contributed by atoms with Crippen LogP contribution >= 0.6 is 11.3 Å². The third-order valence-corrected chi connectivity index (χ3v) is 3.99. The Labute approximate surface area is 127 Å². The minimum atomic E-state index is -0.102. The van der Waals surface area contributed by atoms with Crippen molar-refractivity contribution in [3.8, 4) is 0 Å². The van der Waals surface area contributed by atoms with E-state index in [-0.39, 0.29) is 11.8 Å². The number of carbonyl (C=O) groups is 2. The number of nitrogens with zero attached hydrogens (tertiary/aromatic N) is 1. The molecule has 0 atom stereocenters. The van der Waals surface area contributed by atoms with Gasteiger partial charge in [-0.05, 0) is 31.7 Å². The lowest BCUT2D eigenvalue weighted by molar-refractivity contribution is -0.116. The van der Waals surface area contributed by atoms with Crippen LogP contribution in [0.1, 0.15) is 33.8 Å². The molecular formula is C14H18N4O2S. The molecule has 0 aliphatic rings. The van der Waals surface area contributed by atoms with E-state index >= 15 is 0 Å². The molecule has 0 radical (unpaired) electrons. The van der Waals surface area contributed by atoms with Gasteiger partial charge in [-0.25, -0.2) is 0 Å². The Bertz CT molecular complexity index is 619. The summed E-state index contributed by atoms with van der Waals surface area (Å²) in [5.74, 6) is 0.374. The second-order valence-electron chi connectivity index (χ2n) is 4.71. The van der Waals surface area contributed by atoms with Crippen molar-refractivity contribution < 1.29 is 9.59 Å². The Kier molecular flexibility index (Phi) is 5.10. The van der Waals surface area contributed by atoms with Crippen molar-refractivity contribution in [3.05, 3.63) is 33.6 Å². The average molecular weight is 306 g/mol. The smallest absolute Gasteiger partial charge is 0.261 e. The van der Waals surface area contributed by atoms with E-state index in [1.807, 2.05) is 25.3 Å². The zero-order valence-electron chi connectivity index (χ0n) is 12.0. The number of carbonyl (C=O) groups excluding carboxylic acids is 2. The van der Waals surface area contributed by atoms with Gasteiger partial charge < -0.3 is 10.6 Å². The van der Waals surface area contributed by atoms with Gasteiger partial charge in [-0.15, -0.1) is 11.3 Å². The van der Waals surface area contributed by atoms with E-state index in [9.17, 15) is 9.59 Å². The van der Waals surface area contributed by atoms with Crippen LogP contribution in [0.15, 0.2) is 17.5 Å². The Hall–Kier alpha value is -2.15. The first kappa shape index (κ1) is 15.2. The van der Waals surface area contributed by atoms with E-state index in [0.29, 0.717) is 30.1 Å². The molecule has 0 saturated heterocycles. The second kappa shape index (κ2) is 7.03. The largest absolute Gasteiger partial charge is 0.351 e. The first-order valence-corrected chi connectivity index (χ1v) is 7.59. The first-order valence-electron chi connectivity index (χ1n) is 6.71. The number of hydrogen-bond acceptors (Lipinski definition) is 4. The molecule has 2 aromatic heterocycles. The molecule has 112 valence electrons. The molecular weight excluding hydrogens is 288 g/mol. The maximum absolute atomic E-state index is 11.8. The molecule has 2 aromatic rings. The molecule has 0 fully saturated rings. The van der Waals surface area contributed by atoms with Gasteiger partial charge in [0.05, 0.1) is 4.88 Å². The zero-order valence-corrected chi connectivity index (χ0v) is 12.8. The highest BCUT2D eigenvalue weighted by atomic mass is 32.1. The normalized spacial score (nSPS) is 10.4. The number of thiophene rings is 1. The van der Waals surface area contributed by atoms with Crippen molar-refractivity contribution in [1.29, 1.82) is 0 Å². The lowest BCUT2D eigenvalue weighted by atomic mass is 10.2. The molecule has 7 heteroatoms. The quantitative estimate of drug-likeness (QED) is 0.715. The summed E-state index contributed by atoms with van der Waals surface area (Å²) in [5.41, 5.74) is 1.88. The lowest BCUT2D eigenvalue weighted by Crippen LogP contribution is -2.24. The van der Waals surface area contributed by atoms with E-state index in [0.717, 1.165) is 11.3 Å². The number of aromatic nitrogens is 2. The third kappa shape index (κ3) is 4.16. The van der Waals surface area contributed by atoms with Gasteiger partial charge in [-0.3, -0.25) is 14.7 Å². The van der Waals surface area contributed by atoms with Crippen molar-refractivity contribution in [2.75, 3.05) is 11.9 Å². The molecule has 2 amide bonds. The van der Waals surface area contributed by atoms with Crippen LogP contribution in [0, 0.1) is 13.8 Å². The Balaban J connectivity index is 1.68. The average Bonchev–Trinajstić information content (AvgIpc) is 3.09. The number of rotatable bonds is 6. The van der Waals surface area contributed by atoms with Gasteiger partial charge in [0.15, 0.2) is 5.82 Å². The highest BCUT2D eigenvalue weighted by Gasteiger charge is 2.10. The summed E-state index contributed by atoms with van der Waals surface area (Å²) in [7, 11) is 0. The maximum Gasteiger partial charge on any atom is 0.261 e. The lowest BCUT2D eigenvalue weighted by Gasteiger charge is -2.05. The van der Waals surface area contributed by atoms with Crippen LogP contribution < -0.4 is 10.6 Å². The number of nitrogens with one attached hydrogen (secondary N) is 3. The van der Waals surface area contributed by atoms with Crippen molar-refractivity contribution >= 4 is 29.0 Å². The zero-order chi connectivity index (χ0) is 15.2. The van der Waals surface area contributed by atoms with Crippen LogP contribution in [-0.2, 0) is 4.79 Å². The van der Waals surface area contributed by atoms with E-state index in [4.69, 9.17) is 0 Å². The summed E-state index contributed by atoms with van der Waals surface area (Å²) < 4.78 is 0. The van der Waals surface area contributed by atoms with Crippen LogP contribution in [0.4, 0.5) is 5.82 Å². The van der Waals surface area contributed by atoms with Gasteiger partial charge in [-0.1, -0.05) is 6.07 Å². The number of aryl methyl sites for hydroxylation is 1. The molecule has 2 rings (SSSR count). The molecule has 0 saturated carbocycles. The predicted octanol–water partition coefficient (Wildman–Crippen LogP) is 2.24. The molecule has 2 heterocycles. The predicted molar refractivity (Wildman–Crippen MR) is 82.6 cm³/mol. The topological polar surface area (TPSA) is 86.9 Å². The fraction of sp³-hybridized carbons (Fsp3) is 0.357. The molecule has 6 nitrogen and oxygen atoms in total. The van der Waals surface area contributed by atoms with Crippen molar-refractivity contribution in [3.63, 3.8) is 0 Å². The minimum absolute atomic E-state index is 0.0934. The van der Waals surface area contributed by atoms with E-state index in [2.05, 4.69) is 20.8 Å². The van der Waals surface area contributed by atoms with Crippen molar-refractivity contribution in [2.45, 2.75) is 26.7 Å². The summed E-state index contributed by atoms with van der Waals surface area (Å²) in [4.78, 5) is 24.1. The van der Waals surface area contributed by atoms with Crippen molar-refractivity contribution in [2.24, 2.45) is 0 Å². The van der Waals surface area contributed by atoms with Gasteiger partial charge in [0.1, 0.15) is 0 Å². The molecule has 3 N–H and O–H groups in total. The summed E-state index contributed by atoms with van der Waals surface area (Å²) in [6, 6.07) is 3.61. The summed E-state index contributed by atoms with van der Waals surface area (Å²) in [6.45, 7) is 4.27. The highest BCUT2D eigenvalue weighted by molar-refractivity contribution is 7.12. The van der Waals surface area contributed by atoms with E-state index in [1.54, 1.807) is 6.07 Å². The first-order chi connectivity index (χ1) is 10.1. The van der Waals surface area contributed by atoms with Crippen molar-refractivity contribution in [1.82, 2.24) is 15.5 Å². The summed E-state index contributed by atoms with van der Waals surface area (Å²) >= 11 is 1.40. The van der Waals surface area contributed by atoms with Gasteiger partial charge in [0.2, 0.25) is 5.91 Å². The van der Waals surface area contributed by atoms with Crippen LogP contribution in [-0.4, -0.2) is 28.6 Å². The van der Waals surface area contributed by atoms with Crippen LogP contribution in [0.2, 0.25) is 0 Å². The second-order valence-corrected chi connectivity index (χ2v) is 5.65. The number of anilines is 1. The van der Waals surface area contributed by atoms with Gasteiger partial charge >= 0.3 is 0 Å². The fourth-order valence-corrected chi connectivity index (χ4v) is 2.39. The summed E-state index contributed by atoms with van der Waals surface area (Å²) in [6.07, 6.45) is 0.932. The third-order valence-electron chi connectivity index (χ3n) is 3.12. The summed E-state index contributed by atoms with van der Waals surface area (Å²) in [5, 5.41) is 14.2. The highest BCUT2D eigenvalue weighted by Crippen LogP contribution is 2.14. The van der Waals surface area contributed by atoms with Gasteiger partial charge in [-0.2, -0.15) is 5.10 Å². The standard InChI is InChI=1S/C14H18N4O2S/c1-9-10(2)17-18-13(9)16-12(19)6-3-7-15-14(20)11-5-4-8-21-11/h4-5,8H,3,6-7H2,1-2H3,(H,15,20)(H2,16,17,18,19). The van der Waals surface area contributed by atoms with Crippen LogP contribution in [0.3, 0.4) is 0 Å². The van der Waals surface area contributed by atoms with Crippen LogP contribution in [0.5, 0.6) is 0 Å². The van der Waals surface area contributed by atoms with E-state index in [1.165, 1.54) is 11.3 Å². The Morgan fingerprint density at radius 1 is 1.38 bits per heavy atom.